The van der Waals surface area contributed by atoms with Crippen molar-refractivity contribution in [3.63, 3.8) is 0 Å². The van der Waals surface area contributed by atoms with Crippen LogP contribution in [0.15, 0.2) is 66.6 Å². The number of nitrogens with zero attached hydrogens (tertiary/aromatic N) is 1. The number of carbonyl (C=O) groups is 5. The molecule has 2 amide bonds. The van der Waals surface area contributed by atoms with Crippen molar-refractivity contribution in [2.24, 2.45) is 29.0 Å². The second-order valence-corrected chi connectivity index (χ2v) is 16.7. The second kappa shape index (κ2) is 20.5. The van der Waals surface area contributed by atoms with Gasteiger partial charge in [0.1, 0.15) is 36.5 Å². The van der Waals surface area contributed by atoms with E-state index in [-0.39, 0.29) is 64.3 Å². The number of sulfone groups is 1. The van der Waals surface area contributed by atoms with Gasteiger partial charge in [-0.15, -0.1) is 0 Å². The third-order valence-corrected chi connectivity index (χ3v) is 11.3. The number of Topliss-reactive ketones (excluding diaryl/α,β-unsaturated/α-hetero) is 3. The van der Waals surface area contributed by atoms with Crippen LogP contribution in [0.2, 0.25) is 0 Å². The zero-order chi connectivity index (χ0) is 42.7. The molecule has 0 saturated heterocycles. The SMILES string of the molecule is C=CS(=O)(=O)CC(=O)[C@@H]1Cc2ccc(OCCN)c(c2)-c2cc(ccc2OCCN)[C@H](N(C)C(=O)[C@H](CCN)CC(=O)c2ccc(C)cc2C)C(=O)C[C@@H](C)C(=O)N1. The highest BCUT2D eigenvalue weighted by Crippen LogP contribution is 2.41. The Kier molecular flexibility index (Phi) is 16.0. The van der Waals surface area contributed by atoms with Gasteiger partial charge in [-0.3, -0.25) is 24.0 Å². The van der Waals surface area contributed by atoms with E-state index in [0.29, 0.717) is 44.7 Å². The molecular formula is C43H55N5O9S. The summed E-state index contributed by atoms with van der Waals surface area (Å²) in [4.78, 5) is 71.2. The Labute approximate surface area is 340 Å². The summed E-state index contributed by atoms with van der Waals surface area (Å²) in [6.07, 6.45) is -0.432. The lowest BCUT2D eigenvalue weighted by Gasteiger charge is -2.32. The molecule has 0 aromatic heterocycles. The average Bonchev–Trinajstić information content (AvgIpc) is 3.18. The number of nitrogens with two attached hydrogens (primary N) is 3. The zero-order valence-electron chi connectivity index (χ0n) is 33.6. The summed E-state index contributed by atoms with van der Waals surface area (Å²) >= 11 is 0. The summed E-state index contributed by atoms with van der Waals surface area (Å²) in [7, 11) is -2.51. The summed E-state index contributed by atoms with van der Waals surface area (Å²) in [5.41, 5.74) is 21.7. The molecule has 1 aliphatic heterocycles. The van der Waals surface area contributed by atoms with Gasteiger partial charge in [0.05, 0.1) is 6.04 Å². The number of benzene rings is 3. The molecule has 0 aliphatic carbocycles. The van der Waals surface area contributed by atoms with Gasteiger partial charge in [0, 0.05) is 66.9 Å². The molecule has 4 rings (SSSR count). The summed E-state index contributed by atoms with van der Waals surface area (Å²) in [5, 5.41) is 3.37. The van der Waals surface area contributed by atoms with Gasteiger partial charge < -0.3 is 36.9 Å². The first-order valence-corrected chi connectivity index (χ1v) is 21.0. The molecule has 1 aliphatic rings. The lowest BCUT2D eigenvalue weighted by Crippen LogP contribution is -2.47. The molecule has 3 aromatic rings. The standard InChI is InChI=1S/C43H55N5O9S/c1-6-58(54,55)25-38(51)35-22-29-8-11-39(56-17-15-45)33(21-29)34-23-30(9-12-40(34)57-18-16-46)41(37(50)20-28(4)42(52)47-35)48(5)43(53)31(13-14-44)24-36(49)32-10-7-26(2)19-27(32)3/h6-12,19,21,23,28,31,35,41H,1,13-18,20,22,24-25,44-46H2,2-5H3,(H,47,52)/t28-,31-,35+,41+/m1/s1. The summed E-state index contributed by atoms with van der Waals surface area (Å²) in [6.45, 7) is 9.32. The van der Waals surface area contributed by atoms with Crippen LogP contribution in [-0.2, 0) is 35.4 Å². The Morgan fingerprint density at radius 1 is 0.914 bits per heavy atom. The van der Waals surface area contributed by atoms with E-state index < -0.39 is 62.9 Å². The van der Waals surface area contributed by atoms with E-state index in [1.807, 2.05) is 26.0 Å². The van der Waals surface area contributed by atoms with E-state index in [0.717, 1.165) is 11.1 Å². The van der Waals surface area contributed by atoms with Gasteiger partial charge in [-0.2, -0.15) is 0 Å². The molecule has 0 spiro atoms. The molecule has 58 heavy (non-hydrogen) atoms. The van der Waals surface area contributed by atoms with E-state index >= 15 is 0 Å². The number of rotatable bonds is 17. The van der Waals surface area contributed by atoms with Gasteiger partial charge in [-0.05, 0) is 74.2 Å². The first-order valence-electron chi connectivity index (χ1n) is 19.2. The number of hydrogen-bond acceptors (Lipinski definition) is 12. The molecular weight excluding hydrogens is 763 g/mol. The summed E-state index contributed by atoms with van der Waals surface area (Å²) in [6, 6.07) is 13.0. The number of ether oxygens (including phenoxy) is 2. The van der Waals surface area contributed by atoms with Crippen molar-refractivity contribution in [3.8, 4) is 22.6 Å². The minimum atomic E-state index is -3.99. The fourth-order valence-corrected chi connectivity index (χ4v) is 7.82. The Morgan fingerprint density at radius 2 is 1.55 bits per heavy atom. The number of amides is 2. The highest BCUT2D eigenvalue weighted by atomic mass is 32.2. The maximum Gasteiger partial charge on any atom is 0.226 e. The quantitative estimate of drug-likeness (QED) is 0.144. The van der Waals surface area contributed by atoms with Gasteiger partial charge in [0.15, 0.2) is 27.2 Å². The molecule has 7 N–H and O–H groups in total. The van der Waals surface area contributed by atoms with E-state index in [4.69, 9.17) is 26.7 Å². The number of nitrogens with one attached hydrogen (secondary N) is 1. The molecule has 0 unspecified atom stereocenters. The Hall–Kier alpha value is -5.22. The van der Waals surface area contributed by atoms with E-state index in [1.54, 1.807) is 42.5 Å². The highest BCUT2D eigenvalue weighted by Gasteiger charge is 2.36. The smallest absolute Gasteiger partial charge is 0.226 e. The first-order chi connectivity index (χ1) is 27.5. The molecule has 0 radical (unpaired) electrons. The second-order valence-electron chi connectivity index (χ2n) is 14.7. The van der Waals surface area contributed by atoms with Crippen molar-refractivity contribution in [1.82, 2.24) is 10.2 Å². The van der Waals surface area contributed by atoms with Crippen LogP contribution in [0.4, 0.5) is 0 Å². The van der Waals surface area contributed by atoms with Crippen LogP contribution < -0.4 is 32.0 Å². The number of likely N-dealkylation sites (N-methyl/N-ethyl adjacent to an activating group) is 1. The molecule has 14 nitrogen and oxygen atoms in total. The Bertz CT molecular complexity index is 2140. The van der Waals surface area contributed by atoms with Crippen LogP contribution in [0, 0.1) is 25.7 Å². The molecule has 15 heteroatoms. The highest BCUT2D eigenvalue weighted by molar-refractivity contribution is 7.94. The maximum atomic E-state index is 14.6. The molecule has 0 fully saturated rings. The minimum Gasteiger partial charge on any atom is -0.492 e. The van der Waals surface area contributed by atoms with Gasteiger partial charge >= 0.3 is 0 Å². The minimum absolute atomic E-state index is 0.0933. The third-order valence-electron chi connectivity index (χ3n) is 10.1. The Balaban J connectivity index is 1.90. The first kappa shape index (κ1) is 45.5. The molecule has 4 bridgehead atoms. The fourth-order valence-electron chi connectivity index (χ4n) is 7.11. The fraction of sp³-hybridized carbons (Fsp3) is 0.419. The van der Waals surface area contributed by atoms with Gasteiger partial charge in [-0.25, -0.2) is 8.42 Å². The van der Waals surface area contributed by atoms with Crippen LogP contribution in [0.3, 0.4) is 0 Å². The Morgan fingerprint density at radius 3 is 2.16 bits per heavy atom. The normalized spacial score (nSPS) is 17.7. The monoisotopic (exact) mass is 817 g/mol. The van der Waals surface area contributed by atoms with Crippen molar-refractivity contribution in [2.45, 2.75) is 58.5 Å². The predicted octanol–water partition coefficient (Wildman–Crippen LogP) is 3.15. The van der Waals surface area contributed by atoms with Crippen molar-refractivity contribution in [2.75, 3.05) is 45.6 Å². The summed E-state index contributed by atoms with van der Waals surface area (Å²) < 4.78 is 37.0. The largest absolute Gasteiger partial charge is 0.492 e. The predicted molar refractivity (Wildman–Crippen MR) is 222 cm³/mol. The maximum absolute atomic E-state index is 14.6. The van der Waals surface area contributed by atoms with E-state index in [9.17, 15) is 32.4 Å². The number of hydrogen-bond donors (Lipinski definition) is 4. The van der Waals surface area contributed by atoms with Crippen LogP contribution >= 0.6 is 0 Å². The molecule has 0 saturated carbocycles. The van der Waals surface area contributed by atoms with Crippen molar-refractivity contribution in [3.05, 3.63) is 94.4 Å². The average molecular weight is 818 g/mol. The van der Waals surface area contributed by atoms with Gasteiger partial charge in [0.25, 0.3) is 0 Å². The van der Waals surface area contributed by atoms with E-state index in [1.165, 1.54) is 18.9 Å². The third kappa shape index (κ3) is 11.5. The lowest BCUT2D eigenvalue weighted by molar-refractivity contribution is -0.142. The van der Waals surface area contributed by atoms with Crippen molar-refractivity contribution in [1.29, 1.82) is 0 Å². The van der Waals surface area contributed by atoms with Crippen LogP contribution in [0.25, 0.3) is 11.1 Å². The topological polar surface area (TPSA) is 231 Å². The summed E-state index contributed by atoms with van der Waals surface area (Å²) in [5.74, 6) is -4.69. The van der Waals surface area contributed by atoms with Crippen molar-refractivity contribution < 1.29 is 41.9 Å². The van der Waals surface area contributed by atoms with E-state index in [2.05, 4.69) is 11.9 Å². The molecule has 4 atom stereocenters. The van der Waals surface area contributed by atoms with Crippen LogP contribution in [0.5, 0.6) is 11.5 Å². The molecule has 1 heterocycles. The lowest BCUT2D eigenvalue weighted by atomic mass is 9.88. The zero-order valence-corrected chi connectivity index (χ0v) is 34.4. The number of carbonyl (C=O) groups excluding carboxylic acids is 5. The number of aryl methyl sites for hydroxylation is 2. The van der Waals surface area contributed by atoms with Gasteiger partial charge in [0.2, 0.25) is 11.8 Å². The van der Waals surface area contributed by atoms with Gasteiger partial charge in [-0.1, -0.05) is 49.4 Å². The number of ketones is 3. The number of fused-ring (bicyclic) bond motifs is 5. The van der Waals surface area contributed by atoms with Crippen molar-refractivity contribution >= 4 is 39.0 Å². The van der Waals surface area contributed by atoms with Crippen LogP contribution in [0.1, 0.15) is 64.8 Å². The molecule has 312 valence electrons. The molecule has 3 aromatic carbocycles. The van der Waals surface area contributed by atoms with Crippen LogP contribution in [-0.4, -0.2) is 94.2 Å².